The van der Waals surface area contributed by atoms with Crippen molar-refractivity contribution in [1.29, 1.82) is 0 Å². The maximum absolute atomic E-state index is 11.7. The van der Waals surface area contributed by atoms with Crippen molar-refractivity contribution in [2.75, 3.05) is 0 Å². The van der Waals surface area contributed by atoms with Crippen molar-refractivity contribution in [2.45, 2.75) is 19.9 Å². The molecule has 0 fully saturated rings. The molecule has 2 aromatic heterocycles. The van der Waals surface area contributed by atoms with Crippen LogP contribution in [0.15, 0.2) is 18.3 Å². The zero-order valence-electron chi connectivity index (χ0n) is 9.04. The Morgan fingerprint density at radius 2 is 2.31 bits per heavy atom. The second kappa shape index (κ2) is 4.14. The van der Waals surface area contributed by atoms with Gasteiger partial charge in [0.25, 0.3) is 5.91 Å². The number of aromatic amines is 1. The van der Waals surface area contributed by atoms with Crippen LogP contribution in [0.2, 0.25) is 5.02 Å². The molecule has 16 heavy (non-hydrogen) atoms. The number of pyridine rings is 1. The number of rotatable bonds is 2. The molecule has 2 aromatic rings. The van der Waals surface area contributed by atoms with Gasteiger partial charge in [-0.1, -0.05) is 11.6 Å². The van der Waals surface area contributed by atoms with E-state index in [1.54, 1.807) is 18.3 Å². The van der Waals surface area contributed by atoms with Gasteiger partial charge in [0.15, 0.2) is 0 Å². The summed E-state index contributed by atoms with van der Waals surface area (Å²) in [6.45, 7) is 3.82. The van der Waals surface area contributed by atoms with Crippen molar-refractivity contribution >= 4 is 28.5 Å². The van der Waals surface area contributed by atoms with Crippen molar-refractivity contribution in [3.05, 3.63) is 29.0 Å². The predicted octanol–water partition coefficient (Wildman–Crippen LogP) is 2.35. The highest BCUT2D eigenvalue weighted by Crippen LogP contribution is 2.21. The third-order valence-electron chi connectivity index (χ3n) is 2.14. The number of amides is 1. The molecule has 0 aromatic carbocycles. The number of halogens is 1. The summed E-state index contributed by atoms with van der Waals surface area (Å²) < 4.78 is 0. The Balaban J connectivity index is 2.40. The van der Waals surface area contributed by atoms with E-state index in [4.69, 9.17) is 11.6 Å². The first-order valence-corrected chi connectivity index (χ1v) is 5.40. The second-order valence-corrected chi connectivity index (χ2v) is 4.27. The molecule has 4 nitrogen and oxygen atoms in total. The summed E-state index contributed by atoms with van der Waals surface area (Å²) in [6, 6.07) is 3.51. The third-order valence-corrected chi connectivity index (χ3v) is 2.47. The van der Waals surface area contributed by atoms with Crippen molar-refractivity contribution in [3.8, 4) is 0 Å². The minimum Gasteiger partial charge on any atom is -0.349 e. The fourth-order valence-corrected chi connectivity index (χ4v) is 1.66. The van der Waals surface area contributed by atoms with Gasteiger partial charge in [0.1, 0.15) is 11.3 Å². The quantitative estimate of drug-likeness (QED) is 0.843. The Labute approximate surface area is 98.0 Å². The lowest BCUT2D eigenvalue weighted by atomic mass is 10.3. The molecule has 0 radical (unpaired) electrons. The predicted molar refractivity (Wildman–Crippen MR) is 63.7 cm³/mol. The van der Waals surface area contributed by atoms with Gasteiger partial charge in [-0.25, -0.2) is 4.98 Å². The summed E-state index contributed by atoms with van der Waals surface area (Å²) in [5.41, 5.74) is 1.10. The molecule has 0 aliphatic carbocycles. The van der Waals surface area contributed by atoms with E-state index < -0.39 is 0 Å². The molecule has 2 heterocycles. The third kappa shape index (κ3) is 2.02. The molecular formula is C11H12ClN3O. The topological polar surface area (TPSA) is 57.8 Å². The molecule has 0 aliphatic rings. The zero-order chi connectivity index (χ0) is 11.7. The van der Waals surface area contributed by atoms with Gasteiger partial charge in [-0.15, -0.1) is 0 Å². The van der Waals surface area contributed by atoms with E-state index in [-0.39, 0.29) is 11.9 Å². The van der Waals surface area contributed by atoms with Crippen LogP contribution in [0.5, 0.6) is 0 Å². The van der Waals surface area contributed by atoms with Crippen LogP contribution >= 0.6 is 11.6 Å². The number of aromatic nitrogens is 2. The largest absolute Gasteiger partial charge is 0.349 e. The molecule has 0 aliphatic heterocycles. The Morgan fingerprint density at radius 3 is 2.94 bits per heavy atom. The van der Waals surface area contributed by atoms with E-state index in [2.05, 4.69) is 15.3 Å². The van der Waals surface area contributed by atoms with Crippen LogP contribution < -0.4 is 5.32 Å². The number of hydrogen-bond acceptors (Lipinski definition) is 2. The summed E-state index contributed by atoms with van der Waals surface area (Å²) in [5, 5.41) is 4.15. The molecule has 2 N–H and O–H groups in total. The molecule has 0 saturated carbocycles. The highest BCUT2D eigenvalue weighted by atomic mass is 35.5. The molecule has 0 bridgehead atoms. The number of carbonyl (C=O) groups excluding carboxylic acids is 1. The number of carbonyl (C=O) groups is 1. The fraction of sp³-hybridized carbons (Fsp3) is 0.273. The Hall–Kier alpha value is -1.55. The molecule has 1 amide bonds. The molecule has 2 rings (SSSR count). The van der Waals surface area contributed by atoms with E-state index in [1.165, 1.54) is 0 Å². The number of nitrogens with one attached hydrogen (secondary N) is 2. The lowest BCUT2D eigenvalue weighted by Crippen LogP contribution is -2.30. The minimum absolute atomic E-state index is 0.0994. The summed E-state index contributed by atoms with van der Waals surface area (Å²) in [7, 11) is 0. The molecule has 0 atom stereocenters. The van der Waals surface area contributed by atoms with Crippen molar-refractivity contribution in [3.63, 3.8) is 0 Å². The molecule has 0 unspecified atom stereocenters. The van der Waals surface area contributed by atoms with Gasteiger partial charge < -0.3 is 10.3 Å². The highest BCUT2D eigenvalue weighted by molar-refractivity contribution is 6.35. The van der Waals surface area contributed by atoms with Gasteiger partial charge in [0.05, 0.1) is 5.02 Å². The van der Waals surface area contributed by atoms with Crippen molar-refractivity contribution in [2.24, 2.45) is 0 Å². The van der Waals surface area contributed by atoms with Crippen LogP contribution in [0.1, 0.15) is 24.3 Å². The summed E-state index contributed by atoms with van der Waals surface area (Å²) in [6.07, 6.45) is 1.60. The first-order chi connectivity index (χ1) is 7.58. The lowest BCUT2D eigenvalue weighted by Gasteiger charge is -2.05. The second-order valence-electron chi connectivity index (χ2n) is 3.87. The average molecular weight is 238 g/mol. The summed E-state index contributed by atoms with van der Waals surface area (Å²) >= 11 is 5.99. The summed E-state index contributed by atoms with van der Waals surface area (Å²) in [5.74, 6) is -0.149. The maximum Gasteiger partial charge on any atom is 0.267 e. The van der Waals surface area contributed by atoms with E-state index in [9.17, 15) is 4.79 Å². The SMILES string of the molecule is CC(C)NC(=O)c1cc2c(Cl)ccnc2[nH]1. The van der Waals surface area contributed by atoms with Gasteiger partial charge >= 0.3 is 0 Å². The Morgan fingerprint density at radius 1 is 1.56 bits per heavy atom. The van der Waals surface area contributed by atoms with Crippen LogP contribution in [0.25, 0.3) is 11.0 Å². The molecule has 84 valence electrons. The van der Waals surface area contributed by atoms with Crippen molar-refractivity contribution < 1.29 is 4.79 Å². The van der Waals surface area contributed by atoms with E-state index >= 15 is 0 Å². The van der Waals surface area contributed by atoms with Crippen LogP contribution in [-0.2, 0) is 0 Å². The number of fused-ring (bicyclic) bond motifs is 1. The van der Waals surface area contributed by atoms with E-state index in [0.717, 1.165) is 5.39 Å². The van der Waals surface area contributed by atoms with Crippen LogP contribution in [-0.4, -0.2) is 21.9 Å². The fourth-order valence-electron chi connectivity index (χ4n) is 1.46. The zero-order valence-corrected chi connectivity index (χ0v) is 9.80. The smallest absolute Gasteiger partial charge is 0.267 e. The number of nitrogens with zero attached hydrogens (tertiary/aromatic N) is 1. The lowest BCUT2D eigenvalue weighted by molar-refractivity contribution is 0.0939. The number of H-pyrrole nitrogens is 1. The van der Waals surface area contributed by atoms with E-state index in [0.29, 0.717) is 16.4 Å². The van der Waals surface area contributed by atoms with E-state index in [1.807, 2.05) is 13.8 Å². The van der Waals surface area contributed by atoms with Crippen LogP contribution in [0.4, 0.5) is 0 Å². The number of hydrogen-bond donors (Lipinski definition) is 2. The first kappa shape index (κ1) is 11.0. The molecule has 0 spiro atoms. The normalized spacial score (nSPS) is 11.0. The molecular weight excluding hydrogens is 226 g/mol. The van der Waals surface area contributed by atoms with Crippen molar-refractivity contribution in [1.82, 2.24) is 15.3 Å². The maximum atomic E-state index is 11.7. The Kier molecular flexibility index (Phi) is 2.83. The van der Waals surface area contributed by atoms with Crippen LogP contribution in [0.3, 0.4) is 0 Å². The van der Waals surface area contributed by atoms with Gasteiger partial charge in [0.2, 0.25) is 0 Å². The van der Waals surface area contributed by atoms with Gasteiger partial charge in [0, 0.05) is 17.6 Å². The summed E-state index contributed by atoms with van der Waals surface area (Å²) in [4.78, 5) is 18.8. The van der Waals surface area contributed by atoms with Crippen LogP contribution in [0, 0.1) is 0 Å². The average Bonchev–Trinajstić information content (AvgIpc) is 2.61. The monoisotopic (exact) mass is 237 g/mol. The highest BCUT2D eigenvalue weighted by Gasteiger charge is 2.12. The Bertz CT molecular complexity index is 533. The van der Waals surface area contributed by atoms with Gasteiger partial charge in [-0.05, 0) is 26.0 Å². The molecule has 0 saturated heterocycles. The first-order valence-electron chi connectivity index (χ1n) is 5.02. The van der Waals surface area contributed by atoms with Gasteiger partial charge in [-0.2, -0.15) is 0 Å². The minimum atomic E-state index is -0.149. The van der Waals surface area contributed by atoms with Gasteiger partial charge in [-0.3, -0.25) is 4.79 Å². The molecule has 5 heteroatoms. The standard InChI is InChI=1S/C11H12ClN3O/c1-6(2)14-11(16)9-5-7-8(12)3-4-13-10(7)15-9/h3-6H,1-2H3,(H,13,15)(H,14,16).